The van der Waals surface area contributed by atoms with Crippen LogP contribution in [0.4, 0.5) is 0 Å². The van der Waals surface area contributed by atoms with Crippen LogP contribution in [0.25, 0.3) is 6.08 Å². The van der Waals surface area contributed by atoms with Gasteiger partial charge in [0.1, 0.15) is 10.1 Å². The van der Waals surface area contributed by atoms with Crippen LogP contribution in [0.15, 0.2) is 41.3 Å². The first-order chi connectivity index (χ1) is 9.65. The molecule has 0 bridgehead atoms. The highest BCUT2D eigenvalue weighted by Gasteiger charge is 2.29. The van der Waals surface area contributed by atoms with E-state index in [1.807, 2.05) is 43.3 Å². The van der Waals surface area contributed by atoms with Crippen LogP contribution in [-0.2, 0) is 4.79 Å². The van der Waals surface area contributed by atoms with Gasteiger partial charge in [-0.3, -0.25) is 9.69 Å². The van der Waals surface area contributed by atoms with Gasteiger partial charge >= 0.3 is 0 Å². The quantitative estimate of drug-likeness (QED) is 0.629. The summed E-state index contributed by atoms with van der Waals surface area (Å²) in [6, 6.07) is 7.72. The first kappa shape index (κ1) is 14.8. The monoisotopic (exact) mass is 305 g/mol. The predicted molar refractivity (Wildman–Crippen MR) is 87.7 cm³/mol. The number of carbonyl (C=O) groups excluding carboxylic acids is 1. The Balaban J connectivity index is 2.07. The number of hydrogen-bond acceptors (Lipinski definition) is 4. The molecule has 0 unspecified atom stereocenters. The molecule has 0 saturated carbocycles. The van der Waals surface area contributed by atoms with Crippen LogP contribution in [0.3, 0.4) is 0 Å². The Morgan fingerprint density at radius 1 is 1.35 bits per heavy atom. The summed E-state index contributed by atoms with van der Waals surface area (Å²) in [6.45, 7) is 2.53. The van der Waals surface area contributed by atoms with Crippen molar-refractivity contribution in [3.05, 3.63) is 46.9 Å². The standard InChI is InChI=1S/C15H15NO2S2/c1-3-16-14(17)13(20-15(16)19)6-4-5-11-7-9-12(18-2)10-8-11/h4-10H,3H2,1-2H3. The highest BCUT2D eigenvalue weighted by molar-refractivity contribution is 8.26. The minimum Gasteiger partial charge on any atom is -0.497 e. The van der Waals surface area contributed by atoms with E-state index in [1.54, 1.807) is 18.1 Å². The van der Waals surface area contributed by atoms with Gasteiger partial charge < -0.3 is 4.74 Å². The van der Waals surface area contributed by atoms with E-state index in [4.69, 9.17) is 17.0 Å². The molecule has 1 aliphatic rings. The Hall–Kier alpha value is -1.59. The molecular weight excluding hydrogens is 290 g/mol. The normalized spacial score (nSPS) is 17.5. The zero-order valence-corrected chi connectivity index (χ0v) is 13.0. The van der Waals surface area contributed by atoms with E-state index in [-0.39, 0.29) is 5.91 Å². The van der Waals surface area contributed by atoms with E-state index in [0.717, 1.165) is 11.3 Å². The molecule has 1 fully saturated rings. The number of hydrogen-bond donors (Lipinski definition) is 0. The van der Waals surface area contributed by atoms with Gasteiger partial charge in [0.05, 0.1) is 12.0 Å². The Morgan fingerprint density at radius 2 is 2.05 bits per heavy atom. The summed E-state index contributed by atoms with van der Waals surface area (Å²) in [5.74, 6) is 0.813. The lowest BCUT2D eigenvalue weighted by Gasteiger charge is -2.09. The summed E-state index contributed by atoms with van der Waals surface area (Å²) in [5.41, 5.74) is 1.05. The molecule has 104 valence electrons. The zero-order chi connectivity index (χ0) is 14.5. The molecule has 0 spiro atoms. The third-order valence-electron chi connectivity index (χ3n) is 2.84. The Bertz CT molecular complexity index is 576. The molecule has 1 saturated heterocycles. The molecule has 2 rings (SSSR count). The summed E-state index contributed by atoms with van der Waals surface area (Å²) in [7, 11) is 1.64. The third kappa shape index (κ3) is 3.29. The van der Waals surface area contributed by atoms with E-state index < -0.39 is 0 Å². The van der Waals surface area contributed by atoms with E-state index >= 15 is 0 Å². The van der Waals surface area contributed by atoms with Crippen molar-refractivity contribution in [2.75, 3.05) is 13.7 Å². The van der Waals surface area contributed by atoms with Crippen LogP contribution >= 0.6 is 24.0 Å². The van der Waals surface area contributed by atoms with Crippen molar-refractivity contribution in [3.63, 3.8) is 0 Å². The Morgan fingerprint density at radius 3 is 2.60 bits per heavy atom. The highest BCUT2D eigenvalue weighted by Crippen LogP contribution is 2.30. The Kier molecular flexibility index (Phi) is 4.98. The SMILES string of the molecule is CCN1C(=O)C(=CC=Cc2ccc(OC)cc2)SC1=S. The fourth-order valence-electron chi connectivity index (χ4n) is 1.75. The molecule has 0 aromatic heterocycles. The largest absolute Gasteiger partial charge is 0.497 e. The van der Waals surface area contributed by atoms with Crippen molar-refractivity contribution < 1.29 is 9.53 Å². The Labute approximate surface area is 128 Å². The summed E-state index contributed by atoms with van der Waals surface area (Å²) < 4.78 is 5.73. The van der Waals surface area contributed by atoms with E-state index in [2.05, 4.69) is 0 Å². The topological polar surface area (TPSA) is 29.5 Å². The molecule has 1 aromatic rings. The molecule has 3 nitrogen and oxygen atoms in total. The number of rotatable bonds is 4. The number of allylic oxidation sites excluding steroid dienone is 2. The van der Waals surface area contributed by atoms with Crippen molar-refractivity contribution in [1.29, 1.82) is 0 Å². The van der Waals surface area contributed by atoms with Crippen LogP contribution in [0.5, 0.6) is 5.75 Å². The third-order valence-corrected chi connectivity index (χ3v) is 4.24. The number of ether oxygens (including phenoxy) is 1. The van der Waals surface area contributed by atoms with E-state index in [9.17, 15) is 4.79 Å². The maximum absolute atomic E-state index is 12.0. The molecule has 20 heavy (non-hydrogen) atoms. The van der Waals surface area contributed by atoms with Gasteiger partial charge in [0.2, 0.25) is 0 Å². The van der Waals surface area contributed by atoms with Gasteiger partial charge in [0.25, 0.3) is 5.91 Å². The molecule has 0 N–H and O–H groups in total. The number of likely N-dealkylation sites (N-methyl/N-ethyl adjacent to an activating group) is 1. The molecule has 5 heteroatoms. The molecule has 0 aliphatic carbocycles. The summed E-state index contributed by atoms with van der Waals surface area (Å²) >= 11 is 6.50. The van der Waals surface area contributed by atoms with Crippen molar-refractivity contribution in [2.45, 2.75) is 6.92 Å². The van der Waals surface area contributed by atoms with Crippen LogP contribution in [-0.4, -0.2) is 28.8 Å². The molecule has 0 atom stereocenters. The van der Waals surface area contributed by atoms with Crippen LogP contribution in [0.2, 0.25) is 0 Å². The van der Waals surface area contributed by atoms with Crippen LogP contribution in [0, 0.1) is 0 Å². The highest BCUT2D eigenvalue weighted by atomic mass is 32.2. The summed E-state index contributed by atoms with van der Waals surface area (Å²) in [6.07, 6.45) is 5.61. The molecule has 0 radical (unpaired) electrons. The van der Waals surface area contributed by atoms with Gasteiger partial charge in [-0.15, -0.1) is 0 Å². The average molecular weight is 305 g/mol. The van der Waals surface area contributed by atoms with Crippen molar-refractivity contribution in [1.82, 2.24) is 4.90 Å². The molecule has 1 amide bonds. The van der Waals surface area contributed by atoms with Gasteiger partial charge in [-0.1, -0.05) is 48.3 Å². The van der Waals surface area contributed by atoms with Gasteiger partial charge in [0, 0.05) is 6.54 Å². The van der Waals surface area contributed by atoms with Crippen LogP contribution < -0.4 is 4.74 Å². The van der Waals surface area contributed by atoms with Gasteiger partial charge in [-0.25, -0.2) is 0 Å². The van der Waals surface area contributed by atoms with Gasteiger partial charge in [-0.05, 0) is 30.7 Å². The first-order valence-electron chi connectivity index (χ1n) is 6.21. The first-order valence-corrected chi connectivity index (χ1v) is 7.44. The van der Waals surface area contributed by atoms with Gasteiger partial charge in [-0.2, -0.15) is 0 Å². The zero-order valence-electron chi connectivity index (χ0n) is 11.3. The second-order valence-corrected chi connectivity index (χ2v) is 5.76. The molecule has 1 aliphatic heterocycles. The smallest absolute Gasteiger partial charge is 0.266 e. The lowest BCUT2D eigenvalue weighted by molar-refractivity contribution is -0.122. The van der Waals surface area contributed by atoms with Crippen molar-refractivity contribution in [2.24, 2.45) is 0 Å². The van der Waals surface area contributed by atoms with Gasteiger partial charge in [0.15, 0.2) is 0 Å². The fraction of sp³-hybridized carbons (Fsp3) is 0.200. The maximum Gasteiger partial charge on any atom is 0.266 e. The molecule has 1 aromatic carbocycles. The minimum absolute atomic E-state index is 0.0121. The molecule has 1 heterocycles. The fourth-order valence-corrected chi connectivity index (χ4v) is 3.08. The number of methoxy groups -OCH3 is 1. The summed E-state index contributed by atoms with van der Waals surface area (Å²) in [5, 5.41) is 0. The number of thiocarbonyl (C=S) groups is 1. The number of benzene rings is 1. The number of amides is 1. The maximum atomic E-state index is 12.0. The van der Waals surface area contributed by atoms with Crippen LogP contribution in [0.1, 0.15) is 12.5 Å². The molecular formula is C15H15NO2S2. The van der Waals surface area contributed by atoms with E-state index in [1.165, 1.54) is 11.8 Å². The number of nitrogens with zero attached hydrogens (tertiary/aromatic N) is 1. The predicted octanol–water partition coefficient (Wildman–Crippen LogP) is 3.47. The second kappa shape index (κ2) is 6.72. The van der Waals surface area contributed by atoms with E-state index in [0.29, 0.717) is 15.8 Å². The lowest BCUT2D eigenvalue weighted by Crippen LogP contribution is -2.27. The lowest BCUT2D eigenvalue weighted by atomic mass is 10.2. The summed E-state index contributed by atoms with van der Waals surface area (Å²) in [4.78, 5) is 14.2. The minimum atomic E-state index is -0.0121. The van der Waals surface area contributed by atoms with Crippen molar-refractivity contribution >= 4 is 40.3 Å². The van der Waals surface area contributed by atoms with Crippen molar-refractivity contribution in [3.8, 4) is 5.75 Å². The number of carbonyl (C=O) groups is 1. The average Bonchev–Trinajstić information content (AvgIpc) is 2.74. The number of thioether (sulfide) groups is 1. The second-order valence-electron chi connectivity index (χ2n) is 4.08.